The van der Waals surface area contributed by atoms with Crippen LogP contribution in [0, 0.1) is 11.8 Å². The predicted octanol–water partition coefficient (Wildman–Crippen LogP) is 3.95. The molecule has 10 nitrogen and oxygen atoms in total. The molecule has 0 unspecified atom stereocenters. The number of nitrogens with two attached hydrogens (primary N) is 1. The molecule has 1 fully saturated rings. The summed E-state index contributed by atoms with van der Waals surface area (Å²) in [4.78, 5) is 49.8. The zero-order chi connectivity index (χ0) is 36.5. The van der Waals surface area contributed by atoms with Gasteiger partial charge in [0, 0.05) is 26.2 Å². The summed E-state index contributed by atoms with van der Waals surface area (Å²) in [5.41, 5.74) is 5.23. The molecule has 3 amide bonds. The summed E-state index contributed by atoms with van der Waals surface area (Å²) in [6.07, 6.45) is 2.60. The van der Waals surface area contributed by atoms with Crippen LogP contribution in [-0.2, 0) is 20.8 Å². The molecule has 0 bridgehead atoms. The number of nitrogens with one attached hydrogen (secondary N) is 1. The van der Waals surface area contributed by atoms with E-state index in [1.165, 1.54) is 0 Å². The van der Waals surface area contributed by atoms with Crippen molar-refractivity contribution in [2.24, 2.45) is 17.6 Å². The molecule has 5 N–H and O–H groups in total. The Labute approximate surface area is 294 Å². The molecule has 2 aromatic rings. The smallest absolute Gasteiger partial charge is 0.258 e. The van der Waals surface area contributed by atoms with E-state index in [0.29, 0.717) is 38.8 Å². The summed E-state index contributed by atoms with van der Waals surface area (Å²) in [7, 11) is 5.52. The van der Waals surface area contributed by atoms with E-state index in [1.54, 1.807) is 23.8 Å². The van der Waals surface area contributed by atoms with Crippen LogP contribution >= 0.6 is 0 Å². The zero-order valence-corrected chi connectivity index (χ0v) is 31.2. The maximum absolute atomic E-state index is 15.3. The van der Waals surface area contributed by atoms with Gasteiger partial charge in [-0.1, -0.05) is 95.8 Å². The van der Waals surface area contributed by atoms with Gasteiger partial charge in [-0.05, 0) is 74.9 Å². The Morgan fingerprint density at radius 3 is 2.14 bits per heavy atom. The first-order valence-electron chi connectivity index (χ1n) is 18.3. The van der Waals surface area contributed by atoms with E-state index in [9.17, 15) is 15.0 Å². The first-order valence-corrected chi connectivity index (χ1v) is 18.3. The van der Waals surface area contributed by atoms with Crippen LogP contribution in [0.25, 0.3) is 10.8 Å². The fourth-order valence-corrected chi connectivity index (χ4v) is 7.27. The number of nitrogens with zero attached hydrogens (tertiary/aromatic N) is 3. The van der Waals surface area contributed by atoms with Crippen molar-refractivity contribution in [1.29, 1.82) is 0 Å². The highest BCUT2D eigenvalue weighted by molar-refractivity contribution is 6.13. The number of hydrogen-bond acceptors (Lipinski definition) is 7. The maximum atomic E-state index is 15.3. The number of carbonyl (C=O) groups excluding carboxylic acids is 3. The van der Waals surface area contributed by atoms with Gasteiger partial charge < -0.3 is 36.0 Å². The number of likely N-dealkylation sites (N-methyl/N-ethyl adjacent to an activating group) is 2. The first-order chi connectivity index (χ1) is 23.1. The Hall–Kier alpha value is -3.05. The maximum Gasteiger partial charge on any atom is 0.258 e. The molecule has 6 atom stereocenters. The van der Waals surface area contributed by atoms with Crippen LogP contribution in [0.2, 0.25) is 0 Å². The lowest BCUT2D eigenvalue weighted by atomic mass is 9.76. The van der Waals surface area contributed by atoms with Gasteiger partial charge in [0.2, 0.25) is 11.4 Å². The van der Waals surface area contributed by atoms with E-state index in [4.69, 9.17) is 5.73 Å². The van der Waals surface area contributed by atoms with Gasteiger partial charge in [0.25, 0.3) is 11.8 Å². The SMILES string of the molecule is CC[C@H](C)[C@](C(=O)N[C@@H](Cc1ccc2ccccc2c1)[C@@H](O)[C@@H](O)CC(C)C)(C(=O)N(C)CCN(C)C)N(C(=O)[C@H](C)N)C1CCCCC1. The van der Waals surface area contributed by atoms with Gasteiger partial charge in [0.05, 0.1) is 18.2 Å². The molecule has 0 spiro atoms. The van der Waals surface area contributed by atoms with E-state index in [0.717, 1.165) is 35.6 Å². The third-order valence-corrected chi connectivity index (χ3v) is 10.3. The number of hydrogen-bond donors (Lipinski definition) is 4. The van der Waals surface area contributed by atoms with Gasteiger partial charge >= 0.3 is 0 Å². The average molecular weight is 682 g/mol. The molecule has 0 saturated heterocycles. The van der Waals surface area contributed by atoms with Crippen molar-refractivity contribution in [2.45, 2.75) is 122 Å². The number of fused-ring (bicyclic) bond motifs is 1. The van der Waals surface area contributed by atoms with E-state index >= 15 is 9.59 Å². The van der Waals surface area contributed by atoms with Crippen LogP contribution in [0.3, 0.4) is 0 Å². The predicted molar refractivity (Wildman–Crippen MR) is 197 cm³/mol. The Kier molecular flexibility index (Phi) is 15.1. The second-order valence-electron chi connectivity index (χ2n) is 15.0. The summed E-state index contributed by atoms with van der Waals surface area (Å²) < 4.78 is 0. The Morgan fingerprint density at radius 2 is 1.57 bits per heavy atom. The molecule has 274 valence electrons. The van der Waals surface area contributed by atoms with Crippen molar-refractivity contribution in [3.05, 3.63) is 48.0 Å². The third kappa shape index (κ3) is 9.81. The van der Waals surface area contributed by atoms with Gasteiger partial charge in [0.15, 0.2) is 0 Å². The lowest BCUT2D eigenvalue weighted by Gasteiger charge is -2.51. The van der Waals surface area contributed by atoms with Crippen molar-refractivity contribution in [1.82, 2.24) is 20.0 Å². The fraction of sp³-hybridized carbons (Fsp3) is 0.667. The van der Waals surface area contributed by atoms with Crippen LogP contribution in [0.4, 0.5) is 0 Å². The average Bonchev–Trinajstić information content (AvgIpc) is 3.07. The Morgan fingerprint density at radius 1 is 0.939 bits per heavy atom. The molecule has 2 aromatic carbocycles. The highest BCUT2D eigenvalue weighted by Crippen LogP contribution is 2.37. The highest BCUT2D eigenvalue weighted by atomic mass is 16.3. The van der Waals surface area contributed by atoms with E-state index in [-0.39, 0.29) is 18.4 Å². The molecular formula is C39H63N5O5. The summed E-state index contributed by atoms with van der Waals surface area (Å²) in [5.74, 6) is -2.06. The number of rotatable bonds is 17. The summed E-state index contributed by atoms with van der Waals surface area (Å²) in [6.45, 7) is 10.2. The second kappa shape index (κ2) is 18.3. The van der Waals surface area contributed by atoms with Crippen LogP contribution in [0.1, 0.15) is 85.1 Å². The minimum absolute atomic E-state index is 0.0956. The number of carbonyl (C=O) groups is 3. The topological polar surface area (TPSA) is 139 Å². The number of amides is 3. The van der Waals surface area contributed by atoms with Crippen LogP contribution in [-0.4, -0.2) is 113 Å². The molecule has 0 radical (unpaired) electrons. The van der Waals surface area contributed by atoms with Crippen LogP contribution < -0.4 is 11.1 Å². The summed E-state index contributed by atoms with van der Waals surface area (Å²) >= 11 is 0. The molecule has 49 heavy (non-hydrogen) atoms. The molecule has 1 aliphatic carbocycles. The van der Waals surface area contributed by atoms with E-state index < -0.39 is 53.5 Å². The Bertz CT molecular complexity index is 1380. The van der Waals surface area contributed by atoms with E-state index in [1.807, 2.05) is 89.2 Å². The monoisotopic (exact) mass is 681 g/mol. The highest BCUT2D eigenvalue weighted by Gasteiger charge is 2.59. The standard InChI is InChI=1S/C39H63N5O5/c1-9-27(4)39(38(49)43(8)22-21-42(6)7,44(36(47)28(5)40)32-17-11-10-12-18-32)37(48)41-33(35(46)34(45)23-26(2)3)25-29-19-20-30-15-13-14-16-31(30)24-29/h13-16,19-20,24,26-28,32-35,45-46H,9-12,17-18,21-23,25,40H2,1-8H3,(H,41,48)/t27-,28-,33-,34-,35+,39-/m0/s1. The van der Waals surface area contributed by atoms with Crippen molar-refractivity contribution >= 4 is 28.5 Å². The number of aliphatic hydroxyl groups excluding tert-OH is 2. The van der Waals surface area contributed by atoms with Gasteiger partial charge in [-0.25, -0.2) is 0 Å². The minimum Gasteiger partial charge on any atom is -0.390 e. The van der Waals surface area contributed by atoms with Crippen molar-refractivity contribution in [3.8, 4) is 0 Å². The molecular weight excluding hydrogens is 618 g/mol. The molecule has 1 saturated carbocycles. The quantitative estimate of drug-likeness (QED) is 0.186. The van der Waals surface area contributed by atoms with Crippen molar-refractivity contribution in [3.63, 3.8) is 0 Å². The molecule has 3 rings (SSSR count). The third-order valence-electron chi connectivity index (χ3n) is 10.3. The fourth-order valence-electron chi connectivity index (χ4n) is 7.27. The summed E-state index contributed by atoms with van der Waals surface area (Å²) in [5, 5.41) is 28.1. The van der Waals surface area contributed by atoms with Crippen molar-refractivity contribution in [2.75, 3.05) is 34.2 Å². The normalized spacial score (nSPS) is 18.4. The molecule has 0 heterocycles. The largest absolute Gasteiger partial charge is 0.390 e. The molecule has 1 aliphatic rings. The van der Waals surface area contributed by atoms with Gasteiger partial charge in [0.1, 0.15) is 6.10 Å². The number of benzene rings is 2. The summed E-state index contributed by atoms with van der Waals surface area (Å²) in [6, 6.07) is 11.7. The molecule has 10 heteroatoms. The Balaban J connectivity index is 2.22. The minimum atomic E-state index is -1.94. The van der Waals surface area contributed by atoms with Gasteiger partial charge in [-0.15, -0.1) is 0 Å². The lowest BCUT2D eigenvalue weighted by Crippen LogP contribution is -2.75. The number of aliphatic hydroxyl groups is 2. The van der Waals surface area contributed by atoms with Gasteiger partial charge in [-0.3, -0.25) is 14.4 Å². The van der Waals surface area contributed by atoms with Crippen LogP contribution in [0.5, 0.6) is 0 Å². The van der Waals surface area contributed by atoms with Gasteiger partial charge in [-0.2, -0.15) is 0 Å². The lowest BCUT2D eigenvalue weighted by molar-refractivity contribution is -0.171. The van der Waals surface area contributed by atoms with E-state index in [2.05, 4.69) is 5.32 Å². The van der Waals surface area contributed by atoms with Crippen molar-refractivity contribution < 1.29 is 24.6 Å². The van der Waals surface area contributed by atoms with Crippen LogP contribution in [0.15, 0.2) is 42.5 Å². The second-order valence-corrected chi connectivity index (χ2v) is 15.0. The first kappa shape index (κ1) is 40.4. The molecule has 0 aliphatic heterocycles. The molecule has 0 aromatic heterocycles. The zero-order valence-electron chi connectivity index (χ0n) is 31.2.